The number of pyridine rings is 1. The topological polar surface area (TPSA) is 55.7 Å². The zero-order valence-corrected chi connectivity index (χ0v) is 18.2. The smallest absolute Gasteiger partial charge is 0.227 e. The standard InChI is InChI=1S/C16H17Cl2F2N3OSSi/c1-16(2,3)26(4,5)12-8(19)9(23-15(20)11(12)25)10(24)7-13(17)21-6-22-14(7)18/h6,25H,1-5H3. The van der Waals surface area contributed by atoms with E-state index in [1.807, 2.05) is 33.9 Å². The summed E-state index contributed by atoms with van der Waals surface area (Å²) in [5.74, 6) is -2.92. The molecule has 0 aromatic carbocycles. The summed E-state index contributed by atoms with van der Waals surface area (Å²) in [5, 5.41) is -0.765. The molecule has 2 rings (SSSR count). The van der Waals surface area contributed by atoms with Crippen molar-refractivity contribution in [2.24, 2.45) is 0 Å². The van der Waals surface area contributed by atoms with E-state index < -0.39 is 31.3 Å². The fourth-order valence-electron chi connectivity index (χ4n) is 2.27. The molecule has 2 heterocycles. The number of carbonyl (C=O) groups is 1. The van der Waals surface area contributed by atoms with Crippen LogP contribution >= 0.6 is 35.8 Å². The number of rotatable bonds is 3. The van der Waals surface area contributed by atoms with Gasteiger partial charge >= 0.3 is 0 Å². The fourth-order valence-corrected chi connectivity index (χ4v) is 5.86. The molecule has 4 nitrogen and oxygen atoms in total. The summed E-state index contributed by atoms with van der Waals surface area (Å²) in [6.45, 7) is 9.56. The third-order valence-electron chi connectivity index (χ3n) is 4.77. The largest absolute Gasteiger partial charge is 0.286 e. The molecule has 2 aromatic heterocycles. The lowest BCUT2D eigenvalue weighted by Gasteiger charge is -2.38. The first-order valence-electron chi connectivity index (χ1n) is 7.59. The molecule has 140 valence electrons. The van der Waals surface area contributed by atoms with E-state index in [0.29, 0.717) is 0 Å². The second kappa shape index (κ2) is 7.14. The molecular weight excluding hydrogens is 419 g/mol. The molecule has 0 saturated carbocycles. The number of hydrogen-bond acceptors (Lipinski definition) is 5. The first-order chi connectivity index (χ1) is 11.8. The van der Waals surface area contributed by atoms with E-state index in [1.54, 1.807) is 0 Å². The molecule has 2 aromatic rings. The Morgan fingerprint density at radius 1 is 1.15 bits per heavy atom. The van der Waals surface area contributed by atoms with E-state index in [2.05, 4.69) is 27.6 Å². The van der Waals surface area contributed by atoms with Crippen LogP contribution in [-0.2, 0) is 0 Å². The van der Waals surface area contributed by atoms with Crippen molar-refractivity contribution >= 4 is 54.9 Å². The van der Waals surface area contributed by atoms with Gasteiger partial charge < -0.3 is 0 Å². The molecule has 26 heavy (non-hydrogen) atoms. The Balaban J connectivity index is 2.80. The predicted molar refractivity (Wildman–Crippen MR) is 104 cm³/mol. The van der Waals surface area contributed by atoms with Crippen LogP contribution in [0, 0.1) is 11.8 Å². The molecule has 0 aliphatic rings. The molecule has 0 atom stereocenters. The minimum atomic E-state index is -2.59. The average Bonchev–Trinajstić information content (AvgIpc) is 2.49. The van der Waals surface area contributed by atoms with E-state index in [1.165, 1.54) is 0 Å². The Hall–Kier alpha value is -1.09. The minimum Gasteiger partial charge on any atom is -0.286 e. The number of hydrogen-bond donors (Lipinski definition) is 1. The molecule has 0 saturated heterocycles. The summed E-state index contributed by atoms with van der Waals surface area (Å²) in [6.07, 6.45) is 1.06. The van der Waals surface area contributed by atoms with Crippen LogP contribution in [0.4, 0.5) is 8.78 Å². The van der Waals surface area contributed by atoms with Crippen molar-refractivity contribution in [1.82, 2.24) is 15.0 Å². The van der Waals surface area contributed by atoms with Crippen molar-refractivity contribution in [1.29, 1.82) is 0 Å². The Kier molecular flexibility index (Phi) is 5.83. The van der Waals surface area contributed by atoms with Crippen LogP contribution in [0.15, 0.2) is 11.2 Å². The molecular formula is C16H17Cl2F2N3OSSi. The lowest BCUT2D eigenvalue weighted by atomic mass is 10.1. The Morgan fingerprint density at radius 3 is 2.12 bits per heavy atom. The van der Waals surface area contributed by atoms with Crippen molar-refractivity contribution in [3.63, 3.8) is 0 Å². The van der Waals surface area contributed by atoms with Crippen LogP contribution in [0.5, 0.6) is 0 Å². The zero-order chi connectivity index (χ0) is 20.0. The molecule has 0 unspecified atom stereocenters. The summed E-state index contributed by atoms with van der Waals surface area (Å²) >= 11 is 15.9. The maximum atomic E-state index is 15.3. The number of ketones is 1. The molecule has 0 N–H and O–H groups in total. The Morgan fingerprint density at radius 2 is 1.65 bits per heavy atom. The predicted octanol–water partition coefficient (Wildman–Crippen LogP) is 4.69. The summed E-state index contributed by atoms with van der Waals surface area (Å²) in [7, 11) is -2.59. The molecule has 0 bridgehead atoms. The number of thiol groups is 1. The molecule has 0 radical (unpaired) electrons. The molecule has 0 spiro atoms. The Bertz CT molecular complexity index is 884. The Labute approximate surface area is 166 Å². The van der Waals surface area contributed by atoms with Gasteiger partial charge in [0.25, 0.3) is 0 Å². The van der Waals surface area contributed by atoms with Crippen molar-refractivity contribution in [2.75, 3.05) is 0 Å². The van der Waals surface area contributed by atoms with E-state index in [4.69, 9.17) is 23.2 Å². The SMILES string of the molecule is CC(C)(C)[Si](C)(C)c1c(F)c(C(=O)c2c(Cl)ncnc2Cl)nc(F)c1S. The van der Waals surface area contributed by atoms with E-state index in [-0.39, 0.29) is 31.0 Å². The highest BCUT2D eigenvalue weighted by Crippen LogP contribution is 2.38. The lowest BCUT2D eigenvalue weighted by molar-refractivity contribution is 0.102. The third kappa shape index (κ3) is 3.52. The maximum absolute atomic E-state index is 15.3. The normalized spacial score (nSPS) is 12.4. The lowest BCUT2D eigenvalue weighted by Crippen LogP contribution is -2.52. The van der Waals surface area contributed by atoms with Crippen molar-refractivity contribution < 1.29 is 13.6 Å². The third-order valence-corrected chi connectivity index (χ3v) is 11.4. The fraction of sp³-hybridized carbons (Fsp3) is 0.375. The van der Waals surface area contributed by atoms with Gasteiger partial charge in [-0.05, 0) is 10.2 Å². The highest BCUT2D eigenvalue weighted by atomic mass is 35.5. The maximum Gasteiger partial charge on any atom is 0.227 e. The monoisotopic (exact) mass is 435 g/mol. The van der Waals surface area contributed by atoms with Crippen LogP contribution < -0.4 is 5.19 Å². The first-order valence-corrected chi connectivity index (χ1v) is 11.8. The van der Waals surface area contributed by atoms with Crippen molar-refractivity contribution in [3.8, 4) is 0 Å². The van der Waals surface area contributed by atoms with Gasteiger partial charge in [0.1, 0.15) is 16.6 Å². The van der Waals surface area contributed by atoms with Gasteiger partial charge in [-0.25, -0.2) is 19.3 Å². The van der Waals surface area contributed by atoms with Crippen molar-refractivity contribution in [2.45, 2.75) is 43.8 Å². The van der Waals surface area contributed by atoms with Crippen LogP contribution in [0.25, 0.3) is 0 Å². The second-order valence-electron chi connectivity index (χ2n) is 7.32. The summed E-state index contributed by atoms with van der Waals surface area (Å²) in [6, 6.07) is 0. The molecule has 10 heteroatoms. The van der Waals surface area contributed by atoms with Gasteiger partial charge in [0, 0.05) is 0 Å². The van der Waals surface area contributed by atoms with Gasteiger partial charge in [0.05, 0.1) is 18.5 Å². The van der Waals surface area contributed by atoms with Crippen LogP contribution in [-0.4, -0.2) is 28.8 Å². The summed E-state index contributed by atoms with van der Waals surface area (Å²) < 4.78 is 29.8. The molecule has 0 aliphatic carbocycles. The van der Waals surface area contributed by atoms with Gasteiger partial charge in [-0.15, -0.1) is 12.6 Å². The number of carbonyl (C=O) groups excluding carboxylic acids is 1. The average molecular weight is 436 g/mol. The van der Waals surface area contributed by atoms with Gasteiger partial charge in [-0.3, -0.25) is 4.79 Å². The van der Waals surface area contributed by atoms with E-state index in [0.717, 1.165) is 6.33 Å². The number of nitrogens with zero attached hydrogens (tertiary/aromatic N) is 3. The van der Waals surface area contributed by atoms with Crippen LogP contribution in [0.3, 0.4) is 0 Å². The van der Waals surface area contributed by atoms with Gasteiger partial charge in [0.15, 0.2) is 11.5 Å². The van der Waals surface area contributed by atoms with Gasteiger partial charge in [0.2, 0.25) is 11.7 Å². The summed E-state index contributed by atoms with van der Waals surface area (Å²) in [5.41, 5.74) is -1.03. The zero-order valence-electron chi connectivity index (χ0n) is 14.8. The van der Waals surface area contributed by atoms with Crippen LogP contribution in [0.1, 0.15) is 36.8 Å². The van der Waals surface area contributed by atoms with Gasteiger partial charge in [-0.2, -0.15) is 4.39 Å². The minimum absolute atomic E-state index is 0.0910. The first kappa shape index (κ1) is 21.2. The highest BCUT2D eigenvalue weighted by molar-refractivity contribution is 7.80. The summed E-state index contributed by atoms with van der Waals surface area (Å²) in [4.78, 5) is 23.4. The molecule has 0 fully saturated rings. The highest BCUT2D eigenvalue weighted by Gasteiger charge is 2.43. The number of halogens is 4. The molecule has 0 aliphatic heterocycles. The van der Waals surface area contributed by atoms with E-state index >= 15 is 4.39 Å². The molecule has 0 amide bonds. The quantitative estimate of drug-likeness (QED) is 0.249. The second-order valence-corrected chi connectivity index (χ2v) is 13.7. The van der Waals surface area contributed by atoms with Crippen molar-refractivity contribution in [3.05, 3.63) is 39.7 Å². The van der Waals surface area contributed by atoms with Gasteiger partial charge in [-0.1, -0.05) is 57.1 Å². The van der Waals surface area contributed by atoms with E-state index in [9.17, 15) is 9.18 Å². The van der Waals surface area contributed by atoms with Crippen LogP contribution in [0.2, 0.25) is 28.4 Å². The number of aromatic nitrogens is 3.